The molecule has 1 fully saturated rings. The predicted molar refractivity (Wildman–Crippen MR) is 65.2 cm³/mol. The van der Waals surface area contributed by atoms with Gasteiger partial charge in [-0.15, -0.1) is 0 Å². The third kappa shape index (κ3) is 1.79. The maximum atomic E-state index is 11.7. The maximum absolute atomic E-state index is 11.7. The molecule has 1 aliphatic rings. The number of amides is 1. The lowest BCUT2D eigenvalue weighted by atomic mass is 9.99. The first-order valence-electron chi connectivity index (χ1n) is 5.61. The van der Waals surface area contributed by atoms with Crippen molar-refractivity contribution in [2.24, 2.45) is 5.73 Å². The fourth-order valence-electron chi connectivity index (χ4n) is 2.01. The van der Waals surface area contributed by atoms with Crippen molar-refractivity contribution in [1.29, 1.82) is 0 Å². The average molecular weight is 249 g/mol. The van der Waals surface area contributed by atoms with Crippen LogP contribution in [0.25, 0.3) is 0 Å². The summed E-state index contributed by atoms with van der Waals surface area (Å²) in [5.41, 5.74) is 6.04. The SMILES string of the molecule is CNc1cnc(C2(C(=O)OC)CC2)cc1C(N)=O. The number of nitrogens with zero attached hydrogens (tertiary/aromatic N) is 1. The standard InChI is InChI=1S/C12H15N3O3/c1-14-8-6-15-9(5-7(8)10(13)16)12(3-4-12)11(17)18-2/h5-6,14H,3-4H2,1-2H3,(H2,13,16). The monoisotopic (exact) mass is 249 g/mol. The number of nitrogens with two attached hydrogens (primary N) is 1. The first-order valence-corrected chi connectivity index (χ1v) is 5.61. The fraction of sp³-hybridized carbons (Fsp3) is 0.417. The Hall–Kier alpha value is -2.11. The van der Waals surface area contributed by atoms with E-state index in [0.717, 1.165) is 0 Å². The van der Waals surface area contributed by atoms with E-state index in [2.05, 4.69) is 10.3 Å². The molecule has 0 spiro atoms. The Morgan fingerprint density at radius 2 is 2.17 bits per heavy atom. The summed E-state index contributed by atoms with van der Waals surface area (Å²) >= 11 is 0. The molecule has 1 aromatic rings. The predicted octanol–water partition coefficient (Wildman–Crippen LogP) is 0.427. The molecule has 1 aliphatic carbocycles. The summed E-state index contributed by atoms with van der Waals surface area (Å²) in [6.45, 7) is 0. The quantitative estimate of drug-likeness (QED) is 0.754. The molecule has 1 saturated carbocycles. The number of rotatable bonds is 4. The van der Waals surface area contributed by atoms with Gasteiger partial charge in [0.2, 0.25) is 0 Å². The van der Waals surface area contributed by atoms with Crippen LogP contribution < -0.4 is 11.1 Å². The third-order valence-corrected chi connectivity index (χ3v) is 3.26. The van der Waals surface area contributed by atoms with Crippen molar-refractivity contribution >= 4 is 17.6 Å². The van der Waals surface area contributed by atoms with Gasteiger partial charge in [-0.1, -0.05) is 0 Å². The van der Waals surface area contributed by atoms with Crippen LogP contribution in [-0.4, -0.2) is 31.0 Å². The number of pyridine rings is 1. The second-order valence-corrected chi connectivity index (χ2v) is 4.30. The molecule has 6 nitrogen and oxygen atoms in total. The van der Waals surface area contributed by atoms with Crippen LogP contribution in [0.15, 0.2) is 12.3 Å². The van der Waals surface area contributed by atoms with Crippen molar-refractivity contribution in [2.45, 2.75) is 18.3 Å². The van der Waals surface area contributed by atoms with Crippen LogP contribution in [0.5, 0.6) is 0 Å². The zero-order chi connectivity index (χ0) is 13.3. The zero-order valence-corrected chi connectivity index (χ0v) is 10.3. The van der Waals surface area contributed by atoms with Crippen LogP contribution in [-0.2, 0) is 14.9 Å². The molecule has 0 aromatic carbocycles. The number of hydrogen-bond donors (Lipinski definition) is 2. The lowest BCUT2D eigenvalue weighted by molar-refractivity contribution is -0.143. The lowest BCUT2D eigenvalue weighted by Crippen LogP contribution is -2.24. The highest BCUT2D eigenvalue weighted by Gasteiger charge is 2.54. The van der Waals surface area contributed by atoms with Gasteiger partial charge in [-0.3, -0.25) is 14.6 Å². The van der Waals surface area contributed by atoms with Gasteiger partial charge in [-0.05, 0) is 18.9 Å². The molecule has 1 amide bonds. The van der Waals surface area contributed by atoms with Crippen LogP contribution >= 0.6 is 0 Å². The molecule has 1 aromatic heterocycles. The molecule has 0 bridgehead atoms. The van der Waals surface area contributed by atoms with Gasteiger partial charge >= 0.3 is 5.97 Å². The van der Waals surface area contributed by atoms with Crippen LogP contribution in [0.1, 0.15) is 28.9 Å². The lowest BCUT2D eigenvalue weighted by Gasteiger charge is -2.14. The first kappa shape index (κ1) is 12.3. The van der Waals surface area contributed by atoms with Crippen LogP contribution in [0.3, 0.4) is 0 Å². The Labute approximate surface area is 105 Å². The molecule has 0 aliphatic heterocycles. The summed E-state index contributed by atoms with van der Waals surface area (Å²) in [5, 5.41) is 2.84. The van der Waals surface area contributed by atoms with E-state index in [0.29, 0.717) is 29.8 Å². The normalized spacial score (nSPS) is 15.9. The largest absolute Gasteiger partial charge is 0.468 e. The molecule has 18 heavy (non-hydrogen) atoms. The van der Waals surface area contributed by atoms with Crippen molar-refractivity contribution < 1.29 is 14.3 Å². The smallest absolute Gasteiger partial charge is 0.317 e. The molecular weight excluding hydrogens is 234 g/mol. The second kappa shape index (κ2) is 4.29. The summed E-state index contributed by atoms with van der Waals surface area (Å²) in [7, 11) is 3.02. The van der Waals surface area contributed by atoms with E-state index in [4.69, 9.17) is 10.5 Å². The molecule has 0 atom stereocenters. The van der Waals surface area contributed by atoms with Gasteiger partial charge in [0.1, 0.15) is 5.41 Å². The zero-order valence-electron chi connectivity index (χ0n) is 10.3. The number of ether oxygens (including phenoxy) is 1. The molecule has 0 unspecified atom stereocenters. The summed E-state index contributed by atoms with van der Waals surface area (Å²) in [4.78, 5) is 27.3. The van der Waals surface area contributed by atoms with Gasteiger partial charge < -0.3 is 15.8 Å². The third-order valence-electron chi connectivity index (χ3n) is 3.26. The van der Waals surface area contributed by atoms with Gasteiger partial charge in [0.05, 0.1) is 30.3 Å². The van der Waals surface area contributed by atoms with Crippen LogP contribution in [0.4, 0.5) is 5.69 Å². The number of nitrogens with one attached hydrogen (secondary N) is 1. The number of carbonyl (C=O) groups is 2. The molecular formula is C12H15N3O3. The highest BCUT2D eigenvalue weighted by molar-refractivity contribution is 5.99. The van der Waals surface area contributed by atoms with Crippen molar-refractivity contribution in [1.82, 2.24) is 4.98 Å². The minimum absolute atomic E-state index is 0.317. The van der Waals surface area contributed by atoms with E-state index in [9.17, 15) is 9.59 Å². The maximum Gasteiger partial charge on any atom is 0.317 e. The van der Waals surface area contributed by atoms with E-state index in [1.54, 1.807) is 13.1 Å². The summed E-state index contributed by atoms with van der Waals surface area (Å²) in [6.07, 6.45) is 2.88. The van der Waals surface area contributed by atoms with E-state index in [1.807, 2.05) is 0 Å². The van der Waals surface area contributed by atoms with Crippen molar-refractivity contribution in [3.63, 3.8) is 0 Å². The Morgan fingerprint density at radius 3 is 2.61 bits per heavy atom. The van der Waals surface area contributed by atoms with E-state index < -0.39 is 11.3 Å². The Balaban J connectivity index is 2.45. The molecule has 0 saturated heterocycles. The molecule has 96 valence electrons. The van der Waals surface area contributed by atoms with Crippen LogP contribution in [0.2, 0.25) is 0 Å². The van der Waals surface area contributed by atoms with Gasteiger partial charge in [0, 0.05) is 7.05 Å². The fourth-order valence-corrected chi connectivity index (χ4v) is 2.01. The highest BCUT2D eigenvalue weighted by Crippen LogP contribution is 2.48. The van der Waals surface area contributed by atoms with E-state index in [1.165, 1.54) is 13.3 Å². The highest BCUT2D eigenvalue weighted by atomic mass is 16.5. The van der Waals surface area contributed by atoms with Crippen molar-refractivity contribution in [3.05, 3.63) is 23.5 Å². The number of anilines is 1. The summed E-state index contributed by atoms with van der Waals surface area (Å²) < 4.78 is 4.78. The summed E-state index contributed by atoms with van der Waals surface area (Å²) in [6, 6.07) is 1.57. The van der Waals surface area contributed by atoms with Gasteiger partial charge in [-0.2, -0.15) is 0 Å². The van der Waals surface area contributed by atoms with Gasteiger partial charge in [0.15, 0.2) is 0 Å². The number of esters is 1. The first-order chi connectivity index (χ1) is 8.55. The Kier molecular flexibility index (Phi) is 2.94. The number of hydrogen-bond acceptors (Lipinski definition) is 5. The van der Waals surface area contributed by atoms with E-state index >= 15 is 0 Å². The molecule has 6 heteroatoms. The number of carbonyl (C=O) groups excluding carboxylic acids is 2. The average Bonchev–Trinajstić information content (AvgIpc) is 3.18. The topological polar surface area (TPSA) is 94.3 Å². The number of methoxy groups -OCH3 is 1. The Bertz CT molecular complexity index is 509. The second-order valence-electron chi connectivity index (χ2n) is 4.30. The number of aromatic nitrogens is 1. The van der Waals surface area contributed by atoms with Gasteiger partial charge in [0.25, 0.3) is 5.91 Å². The molecule has 0 radical (unpaired) electrons. The van der Waals surface area contributed by atoms with Crippen molar-refractivity contribution in [2.75, 3.05) is 19.5 Å². The van der Waals surface area contributed by atoms with Crippen LogP contribution in [0, 0.1) is 0 Å². The summed E-state index contributed by atoms with van der Waals surface area (Å²) in [5.74, 6) is -0.869. The molecule has 2 rings (SSSR count). The molecule has 3 N–H and O–H groups in total. The van der Waals surface area contributed by atoms with Gasteiger partial charge in [-0.25, -0.2) is 0 Å². The Morgan fingerprint density at radius 1 is 1.50 bits per heavy atom. The minimum atomic E-state index is -0.689. The number of primary amides is 1. The minimum Gasteiger partial charge on any atom is -0.468 e. The van der Waals surface area contributed by atoms with Crippen molar-refractivity contribution in [3.8, 4) is 0 Å². The van der Waals surface area contributed by atoms with E-state index in [-0.39, 0.29) is 5.97 Å². The molecule has 1 heterocycles.